The van der Waals surface area contributed by atoms with E-state index in [9.17, 15) is 19.2 Å². The van der Waals surface area contributed by atoms with E-state index in [1.54, 1.807) is 17.0 Å². The molecule has 0 radical (unpaired) electrons. The Bertz CT molecular complexity index is 1000. The number of rotatable bonds is 10. The molecule has 5 nitrogen and oxygen atoms in total. The molecular weight excluding hydrogens is 429 g/mol. The number of nitrogens with one attached hydrogen (secondary N) is 1. The van der Waals surface area contributed by atoms with Crippen LogP contribution in [0.1, 0.15) is 63.5 Å². The molecule has 2 aromatic rings. The summed E-state index contributed by atoms with van der Waals surface area (Å²) >= 11 is 0. The number of carbonyl (C=O) groups is 2. The summed E-state index contributed by atoms with van der Waals surface area (Å²) < 4.78 is 13.1. The minimum absolute atomic E-state index is 0.00810. The Morgan fingerprint density at radius 1 is 1.15 bits per heavy atom. The number of nitrogens with zero attached hydrogens (tertiary/aromatic N) is 2. The Hall–Kier alpha value is -3.20. The number of hydrogen-bond acceptors (Lipinski definition) is 3. The molecule has 6 heteroatoms. The summed E-state index contributed by atoms with van der Waals surface area (Å²) in [4.78, 5) is 27.3. The predicted octanol–water partition coefficient (Wildman–Crippen LogP) is 5.11. The lowest BCUT2D eigenvalue weighted by molar-refractivity contribution is -0.138. The number of likely N-dealkylation sites (tertiary alicyclic amines) is 1. The van der Waals surface area contributed by atoms with Crippen LogP contribution in [0.5, 0.6) is 0 Å². The maximum absolute atomic E-state index is 13.1. The average molecular weight is 464 g/mol. The number of hydrogen-bond donors (Lipinski definition) is 1. The fraction of sp³-hybridized carbons (Fsp3) is 0.464. The molecule has 0 aromatic heterocycles. The quantitative estimate of drug-likeness (QED) is 0.498. The van der Waals surface area contributed by atoms with Gasteiger partial charge in [0.25, 0.3) is 0 Å². The van der Waals surface area contributed by atoms with E-state index < -0.39 is 11.5 Å². The van der Waals surface area contributed by atoms with Gasteiger partial charge in [0.05, 0.1) is 11.5 Å². The van der Waals surface area contributed by atoms with E-state index in [0.717, 1.165) is 24.0 Å². The summed E-state index contributed by atoms with van der Waals surface area (Å²) in [7, 11) is 0. The Balaban J connectivity index is 1.51. The molecule has 0 spiro atoms. The van der Waals surface area contributed by atoms with Crippen molar-refractivity contribution >= 4 is 11.8 Å². The van der Waals surface area contributed by atoms with Crippen molar-refractivity contribution in [3.63, 3.8) is 0 Å². The monoisotopic (exact) mass is 463 g/mol. The van der Waals surface area contributed by atoms with Gasteiger partial charge in [-0.25, -0.2) is 4.39 Å². The van der Waals surface area contributed by atoms with Crippen molar-refractivity contribution in [2.75, 3.05) is 6.54 Å². The van der Waals surface area contributed by atoms with Crippen molar-refractivity contribution in [1.82, 2.24) is 10.2 Å². The molecule has 1 N–H and O–H groups in total. The molecule has 1 saturated heterocycles. The number of halogens is 1. The topological polar surface area (TPSA) is 73.2 Å². The average Bonchev–Trinajstić information content (AvgIpc) is 3.34. The normalized spacial score (nSPS) is 17.3. The van der Waals surface area contributed by atoms with E-state index in [2.05, 4.69) is 25.2 Å². The van der Waals surface area contributed by atoms with Crippen molar-refractivity contribution in [3.05, 3.63) is 71.5 Å². The molecular formula is C28H34FN3O2. The second-order valence-electron chi connectivity index (χ2n) is 9.40. The fourth-order valence-electron chi connectivity index (χ4n) is 4.82. The third-order valence-electron chi connectivity index (χ3n) is 6.94. The van der Waals surface area contributed by atoms with Crippen molar-refractivity contribution in [2.45, 2.75) is 70.4 Å². The maximum atomic E-state index is 13.1. The van der Waals surface area contributed by atoms with Gasteiger partial charge in [-0.05, 0) is 54.9 Å². The number of nitriles is 1. The van der Waals surface area contributed by atoms with Gasteiger partial charge in [-0.1, -0.05) is 62.7 Å². The Morgan fingerprint density at radius 2 is 1.85 bits per heavy atom. The van der Waals surface area contributed by atoms with E-state index in [-0.39, 0.29) is 23.5 Å². The molecule has 1 aliphatic heterocycles. The van der Waals surface area contributed by atoms with Crippen LogP contribution in [0, 0.1) is 23.1 Å². The molecule has 0 bridgehead atoms. The second-order valence-corrected chi connectivity index (χ2v) is 9.40. The van der Waals surface area contributed by atoms with Crippen LogP contribution in [-0.2, 0) is 21.5 Å². The Morgan fingerprint density at radius 3 is 2.50 bits per heavy atom. The molecule has 1 fully saturated rings. The third kappa shape index (κ3) is 6.02. The van der Waals surface area contributed by atoms with E-state index in [1.165, 1.54) is 12.1 Å². The molecule has 1 aliphatic rings. The highest BCUT2D eigenvalue weighted by Gasteiger charge is 2.36. The van der Waals surface area contributed by atoms with Crippen LogP contribution in [0.25, 0.3) is 0 Å². The Labute approximate surface area is 202 Å². The van der Waals surface area contributed by atoms with Crippen LogP contribution in [-0.4, -0.2) is 29.3 Å². The number of carbonyl (C=O) groups excluding carboxylic acids is 2. The van der Waals surface area contributed by atoms with Crippen molar-refractivity contribution in [2.24, 2.45) is 5.92 Å². The second kappa shape index (κ2) is 11.8. The van der Waals surface area contributed by atoms with Gasteiger partial charge in [0.1, 0.15) is 11.9 Å². The number of unbranched alkanes of at least 4 members (excludes halogenated alkanes) is 1. The van der Waals surface area contributed by atoms with Crippen LogP contribution in [0.2, 0.25) is 0 Å². The van der Waals surface area contributed by atoms with E-state index in [1.807, 2.05) is 30.3 Å². The number of amides is 2. The first-order valence-electron chi connectivity index (χ1n) is 12.2. The van der Waals surface area contributed by atoms with Crippen molar-refractivity contribution in [3.8, 4) is 6.07 Å². The van der Waals surface area contributed by atoms with Gasteiger partial charge in [-0.2, -0.15) is 5.26 Å². The molecule has 2 amide bonds. The lowest BCUT2D eigenvalue weighted by atomic mass is 9.69. The van der Waals surface area contributed by atoms with Gasteiger partial charge >= 0.3 is 0 Å². The predicted molar refractivity (Wildman–Crippen MR) is 130 cm³/mol. The standard InChI is InChI=1S/C28H34FN3O2/c1-21(2)28(20-30,23-9-4-3-5-10-23)17-7-6-12-26(33)32-18-8-11-25(32)27(34)31-19-22-13-15-24(29)16-14-22/h3-5,9-10,13-16,21,25H,6-8,11-12,17-19H2,1-2H3,(H,31,34)/t25-,28+/m1/s1. The van der Waals surface area contributed by atoms with Gasteiger partial charge in [0, 0.05) is 19.5 Å². The van der Waals surface area contributed by atoms with E-state index in [4.69, 9.17) is 0 Å². The van der Waals surface area contributed by atoms with Crippen LogP contribution in [0.4, 0.5) is 4.39 Å². The highest BCUT2D eigenvalue weighted by molar-refractivity contribution is 5.88. The molecule has 0 saturated carbocycles. The zero-order valence-corrected chi connectivity index (χ0v) is 20.1. The van der Waals surface area contributed by atoms with Crippen molar-refractivity contribution < 1.29 is 14.0 Å². The molecule has 2 atom stereocenters. The summed E-state index contributed by atoms with van der Waals surface area (Å²) in [6.07, 6.45) is 3.97. The molecule has 0 unspecified atom stereocenters. The smallest absolute Gasteiger partial charge is 0.243 e. The minimum Gasteiger partial charge on any atom is -0.350 e. The summed E-state index contributed by atoms with van der Waals surface area (Å²) in [5.41, 5.74) is 1.27. The summed E-state index contributed by atoms with van der Waals surface area (Å²) in [5, 5.41) is 12.9. The van der Waals surface area contributed by atoms with E-state index in [0.29, 0.717) is 38.8 Å². The van der Waals surface area contributed by atoms with Gasteiger partial charge < -0.3 is 10.2 Å². The summed E-state index contributed by atoms with van der Waals surface area (Å²) in [6, 6.07) is 18.0. The molecule has 2 aromatic carbocycles. The summed E-state index contributed by atoms with van der Waals surface area (Å²) in [5.74, 6) is -0.330. The van der Waals surface area contributed by atoms with Gasteiger partial charge in [-0.15, -0.1) is 0 Å². The first-order chi connectivity index (χ1) is 16.4. The first-order valence-corrected chi connectivity index (χ1v) is 12.2. The van der Waals surface area contributed by atoms with Crippen molar-refractivity contribution in [1.29, 1.82) is 5.26 Å². The van der Waals surface area contributed by atoms with Crippen LogP contribution in [0.15, 0.2) is 54.6 Å². The molecule has 34 heavy (non-hydrogen) atoms. The molecule has 1 heterocycles. The van der Waals surface area contributed by atoms with Gasteiger partial charge in [-0.3, -0.25) is 9.59 Å². The summed E-state index contributed by atoms with van der Waals surface area (Å²) in [6.45, 7) is 5.04. The number of benzene rings is 2. The molecule has 0 aliphatic carbocycles. The van der Waals surface area contributed by atoms with Gasteiger partial charge in [0.2, 0.25) is 11.8 Å². The lowest BCUT2D eigenvalue weighted by Crippen LogP contribution is -2.45. The highest BCUT2D eigenvalue weighted by atomic mass is 19.1. The SMILES string of the molecule is CC(C)[C@@](C#N)(CCCCC(=O)N1CCC[C@@H]1C(=O)NCc1ccc(F)cc1)c1ccccc1. The fourth-order valence-corrected chi connectivity index (χ4v) is 4.82. The lowest BCUT2D eigenvalue weighted by Gasteiger charge is -2.31. The Kier molecular flexibility index (Phi) is 8.81. The van der Waals surface area contributed by atoms with E-state index >= 15 is 0 Å². The third-order valence-corrected chi connectivity index (χ3v) is 6.94. The molecule has 3 rings (SSSR count). The highest BCUT2D eigenvalue weighted by Crippen LogP contribution is 2.37. The van der Waals surface area contributed by atoms with Crippen LogP contribution < -0.4 is 5.32 Å². The maximum Gasteiger partial charge on any atom is 0.243 e. The zero-order valence-electron chi connectivity index (χ0n) is 20.1. The first kappa shape index (κ1) is 25.4. The zero-order chi connectivity index (χ0) is 24.6. The van der Waals surface area contributed by atoms with Crippen LogP contribution in [0.3, 0.4) is 0 Å². The molecule has 180 valence electrons. The van der Waals surface area contributed by atoms with Gasteiger partial charge in [0.15, 0.2) is 0 Å². The minimum atomic E-state index is -0.569. The van der Waals surface area contributed by atoms with Crippen LogP contribution >= 0.6 is 0 Å². The largest absolute Gasteiger partial charge is 0.350 e.